The number of fused-ring (bicyclic) bond motifs is 1. The van der Waals surface area contributed by atoms with E-state index in [9.17, 15) is 14.4 Å². The molecule has 0 saturated heterocycles. The predicted octanol–water partition coefficient (Wildman–Crippen LogP) is 2.06. The quantitative estimate of drug-likeness (QED) is 0.667. The number of rotatable bonds is 8. The van der Waals surface area contributed by atoms with Crippen LogP contribution in [0.4, 0.5) is 5.69 Å². The number of nitrogens with one attached hydrogen (secondary N) is 1. The minimum Gasteiger partial charge on any atom is -0.496 e. The molecular formula is C22H24N2O6. The Morgan fingerprint density at radius 3 is 2.70 bits per heavy atom. The summed E-state index contributed by atoms with van der Waals surface area (Å²) in [5, 5.41) is 2.73. The molecule has 0 fully saturated rings. The van der Waals surface area contributed by atoms with Crippen LogP contribution in [0.1, 0.15) is 18.9 Å². The highest BCUT2D eigenvalue weighted by Crippen LogP contribution is 2.31. The molecule has 2 aromatic rings. The number of para-hydroxylation sites is 3. The largest absolute Gasteiger partial charge is 0.496 e. The van der Waals surface area contributed by atoms with Gasteiger partial charge in [0.25, 0.3) is 11.8 Å². The van der Waals surface area contributed by atoms with Gasteiger partial charge in [-0.15, -0.1) is 0 Å². The van der Waals surface area contributed by atoms with Gasteiger partial charge in [0.15, 0.2) is 12.7 Å². The fraction of sp³-hybridized carbons (Fsp3) is 0.318. The molecule has 1 aliphatic rings. The van der Waals surface area contributed by atoms with E-state index in [1.807, 2.05) is 24.3 Å². The van der Waals surface area contributed by atoms with Gasteiger partial charge < -0.3 is 24.4 Å². The van der Waals surface area contributed by atoms with E-state index in [2.05, 4.69) is 5.32 Å². The van der Waals surface area contributed by atoms with Crippen molar-refractivity contribution >= 4 is 23.5 Å². The maximum absolute atomic E-state index is 12.3. The highest BCUT2D eigenvalue weighted by atomic mass is 16.5. The molecule has 0 spiro atoms. The second kappa shape index (κ2) is 9.78. The number of hydrogen-bond acceptors (Lipinski definition) is 6. The van der Waals surface area contributed by atoms with E-state index in [0.29, 0.717) is 17.2 Å². The van der Waals surface area contributed by atoms with Crippen LogP contribution in [0, 0.1) is 0 Å². The Morgan fingerprint density at radius 2 is 1.90 bits per heavy atom. The summed E-state index contributed by atoms with van der Waals surface area (Å²) in [5.74, 6) is 0.0466. The van der Waals surface area contributed by atoms with Crippen molar-refractivity contribution in [3.63, 3.8) is 0 Å². The molecule has 0 radical (unpaired) electrons. The van der Waals surface area contributed by atoms with Gasteiger partial charge in [-0.3, -0.25) is 14.4 Å². The number of benzene rings is 2. The molecule has 1 aliphatic heterocycles. The van der Waals surface area contributed by atoms with E-state index in [-0.39, 0.29) is 32.0 Å². The number of esters is 1. The number of methoxy groups -OCH3 is 1. The second-order valence-electron chi connectivity index (χ2n) is 6.71. The van der Waals surface area contributed by atoms with Gasteiger partial charge in [0.05, 0.1) is 19.2 Å². The van der Waals surface area contributed by atoms with Gasteiger partial charge >= 0.3 is 5.97 Å². The second-order valence-corrected chi connectivity index (χ2v) is 6.71. The molecule has 8 nitrogen and oxygen atoms in total. The van der Waals surface area contributed by atoms with Gasteiger partial charge in [-0.1, -0.05) is 30.3 Å². The molecule has 8 heteroatoms. The average Bonchev–Trinajstić information content (AvgIpc) is 2.76. The Bertz CT molecular complexity index is 929. The van der Waals surface area contributed by atoms with Crippen molar-refractivity contribution in [3.05, 3.63) is 54.1 Å². The molecule has 0 bridgehead atoms. The normalized spacial score (nSPS) is 13.7. The minimum atomic E-state index is -0.958. The lowest BCUT2D eigenvalue weighted by Gasteiger charge is -2.29. The summed E-state index contributed by atoms with van der Waals surface area (Å²) in [6, 6.07) is 14.5. The van der Waals surface area contributed by atoms with E-state index in [4.69, 9.17) is 14.2 Å². The number of carbonyl (C=O) groups is 3. The Kier molecular flexibility index (Phi) is 6.90. The van der Waals surface area contributed by atoms with Crippen molar-refractivity contribution in [1.82, 2.24) is 5.32 Å². The van der Waals surface area contributed by atoms with Gasteiger partial charge in [0, 0.05) is 18.7 Å². The lowest BCUT2D eigenvalue weighted by atomic mass is 10.2. The van der Waals surface area contributed by atoms with Gasteiger partial charge in [0.1, 0.15) is 11.5 Å². The SMILES string of the molecule is COc1ccccc1CNC(=O)[C@@H](C)OC(=O)CCN1C(=O)COc2ccccc21. The molecule has 0 saturated carbocycles. The van der Waals surface area contributed by atoms with Crippen LogP contribution in [0.3, 0.4) is 0 Å². The summed E-state index contributed by atoms with van der Waals surface area (Å²) in [5.41, 5.74) is 1.43. The highest BCUT2D eigenvalue weighted by Gasteiger charge is 2.26. The molecular weight excluding hydrogens is 388 g/mol. The van der Waals surface area contributed by atoms with Crippen molar-refractivity contribution in [2.24, 2.45) is 0 Å². The van der Waals surface area contributed by atoms with E-state index in [1.54, 1.807) is 31.4 Å². The first-order valence-corrected chi connectivity index (χ1v) is 9.61. The maximum atomic E-state index is 12.3. The van der Waals surface area contributed by atoms with Crippen LogP contribution in [0.5, 0.6) is 11.5 Å². The summed E-state index contributed by atoms with van der Waals surface area (Å²) in [4.78, 5) is 38.1. The molecule has 1 heterocycles. The molecule has 1 N–H and O–H groups in total. The van der Waals surface area contributed by atoms with Crippen molar-refractivity contribution in [1.29, 1.82) is 0 Å². The molecule has 30 heavy (non-hydrogen) atoms. The topological polar surface area (TPSA) is 94.2 Å². The van der Waals surface area contributed by atoms with Gasteiger partial charge in [-0.05, 0) is 25.1 Å². The van der Waals surface area contributed by atoms with E-state index in [1.165, 1.54) is 11.8 Å². The third-order valence-electron chi connectivity index (χ3n) is 4.67. The summed E-state index contributed by atoms with van der Waals surface area (Å²) >= 11 is 0. The first-order valence-electron chi connectivity index (χ1n) is 9.61. The third kappa shape index (κ3) is 5.08. The van der Waals surface area contributed by atoms with Crippen molar-refractivity contribution in [2.45, 2.75) is 26.0 Å². The lowest BCUT2D eigenvalue weighted by molar-refractivity contribution is -0.154. The minimum absolute atomic E-state index is 0.0375. The summed E-state index contributed by atoms with van der Waals surface area (Å²) in [6.07, 6.45) is -0.996. The van der Waals surface area contributed by atoms with Crippen LogP contribution in [0.2, 0.25) is 0 Å². The lowest BCUT2D eigenvalue weighted by Crippen LogP contribution is -2.41. The zero-order valence-corrected chi connectivity index (χ0v) is 16.9. The van der Waals surface area contributed by atoms with Crippen molar-refractivity contribution in [3.8, 4) is 11.5 Å². The molecule has 0 unspecified atom stereocenters. The summed E-state index contributed by atoms with van der Waals surface area (Å²) in [7, 11) is 1.56. The van der Waals surface area contributed by atoms with E-state index < -0.39 is 18.0 Å². The van der Waals surface area contributed by atoms with E-state index >= 15 is 0 Å². The Hall–Kier alpha value is -3.55. The monoisotopic (exact) mass is 412 g/mol. The number of nitrogens with zero attached hydrogens (tertiary/aromatic N) is 1. The van der Waals surface area contributed by atoms with Crippen LogP contribution in [-0.2, 0) is 25.7 Å². The number of ether oxygens (including phenoxy) is 3. The summed E-state index contributed by atoms with van der Waals surface area (Å²) < 4.78 is 15.8. The van der Waals surface area contributed by atoms with Crippen molar-refractivity contribution < 1.29 is 28.6 Å². The molecule has 1 atom stereocenters. The zero-order valence-electron chi connectivity index (χ0n) is 16.9. The van der Waals surface area contributed by atoms with Gasteiger partial charge in [-0.2, -0.15) is 0 Å². The fourth-order valence-corrected chi connectivity index (χ4v) is 3.09. The Morgan fingerprint density at radius 1 is 1.17 bits per heavy atom. The fourth-order valence-electron chi connectivity index (χ4n) is 3.09. The average molecular weight is 412 g/mol. The van der Waals surface area contributed by atoms with Crippen LogP contribution < -0.4 is 19.7 Å². The summed E-state index contributed by atoms with van der Waals surface area (Å²) in [6.45, 7) is 1.83. The molecule has 158 valence electrons. The first kappa shape index (κ1) is 21.2. The predicted molar refractivity (Wildman–Crippen MR) is 109 cm³/mol. The first-order chi connectivity index (χ1) is 14.5. The zero-order chi connectivity index (χ0) is 21.5. The highest BCUT2D eigenvalue weighted by molar-refractivity contribution is 5.98. The number of carbonyl (C=O) groups excluding carboxylic acids is 3. The van der Waals surface area contributed by atoms with Crippen LogP contribution >= 0.6 is 0 Å². The molecule has 2 amide bonds. The van der Waals surface area contributed by atoms with Crippen LogP contribution in [-0.4, -0.2) is 44.1 Å². The number of hydrogen-bond donors (Lipinski definition) is 1. The maximum Gasteiger partial charge on any atom is 0.308 e. The smallest absolute Gasteiger partial charge is 0.308 e. The number of anilines is 1. The van der Waals surface area contributed by atoms with Crippen molar-refractivity contribution in [2.75, 3.05) is 25.2 Å². The van der Waals surface area contributed by atoms with Gasteiger partial charge in [0.2, 0.25) is 0 Å². The standard InChI is InChI=1S/C22H24N2O6/c1-15(22(27)23-13-16-7-3-5-9-18(16)28-2)30-21(26)11-12-24-17-8-4-6-10-19(17)29-14-20(24)25/h3-10,15H,11-14H2,1-2H3,(H,23,27)/t15-/m1/s1. The third-order valence-corrected chi connectivity index (χ3v) is 4.67. The Labute approximate surface area is 174 Å². The molecule has 0 aromatic heterocycles. The Balaban J connectivity index is 1.49. The number of amides is 2. The molecule has 2 aromatic carbocycles. The molecule has 0 aliphatic carbocycles. The van der Waals surface area contributed by atoms with E-state index in [0.717, 1.165) is 5.56 Å². The van der Waals surface area contributed by atoms with Crippen LogP contribution in [0.25, 0.3) is 0 Å². The van der Waals surface area contributed by atoms with Gasteiger partial charge in [-0.25, -0.2) is 0 Å². The molecule has 3 rings (SSSR count). The van der Waals surface area contributed by atoms with Crippen LogP contribution in [0.15, 0.2) is 48.5 Å².